The average molecular weight is 402 g/mol. The van der Waals surface area contributed by atoms with Crippen LogP contribution in [0.25, 0.3) is 0 Å². The number of halogens is 1. The largest absolute Gasteiger partial charge is 0.497 e. The second kappa shape index (κ2) is 8.40. The van der Waals surface area contributed by atoms with Crippen LogP contribution < -0.4 is 20.1 Å². The van der Waals surface area contributed by atoms with E-state index < -0.39 is 4.92 Å². The van der Waals surface area contributed by atoms with Gasteiger partial charge in [-0.15, -0.1) is 0 Å². The van der Waals surface area contributed by atoms with Crippen molar-refractivity contribution in [3.63, 3.8) is 0 Å². The van der Waals surface area contributed by atoms with Crippen molar-refractivity contribution in [1.82, 2.24) is 9.97 Å². The maximum absolute atomic E-state index is 11.7. The number of methoxy groups -OCH3 is 2. The van der Waals surface area contributed by atoms with Crippen LogP contribution in [0.4, 0.5) is 28.7 Å². The summed E-state index contributed by atoms with van der Waals surface area (Å²) in [5.74, 6) is 1.00. The number of benzene rings is 2. The summed E-state index contributed by atoms with van der Waals surface area (Å²) < 4.78 is 10.5. The molecule has 0 amide bonds. The molecule has 1 heterocycles. The Morgan fingerprint density at radius 2 is 1.68 bits per heavy atom. The van der Waals surface area contributed by atoms with E-state index in [9.17, 15) is 10.1 Å². The molecule has 3 aromatic rings. The molecule has 144 valence electrons. The van der Waals surface area contributed by atoms with Crippen LogP contribution in [0, 0.1) is 10.1 Å². The number of nitrogens with one attached hydrogen (secondary N) is 2. The van der Waals surface area contributed by atoms with Crippen molar-refractivity contribution in [2.45, 2.75) is 0 Å². The van der Waals surface area contributed by atoms with Gasteiger partial charge in [0.1, 0.15) is 17.8 Å². The van der Waals surface area contributed by atoms with Crippen molar-refractivity contribution in [3.8, 4) is 11.5 Å². The Morgan fingerprint density at radius 1 is 1.00 bits per heavy atom. The van der Waals surface area contributed by atoms with Crippen molar-refractivity contribution in [2.75, 3.05) is 24.9 Å². The lowest BCUT2D eigenvalue weighted by Gasteiger charge is -2.13. The Balaban J connectivity index is 2.03. The van der Waals surface area contributed by atoms with E-state index in [-0.39, 0.29) is 17.3 Å². The van der Waals surface area contributed by atoms with Gasteiger partial charge in [0.25, 0.3) is 0 Å². The third kappa shape index (κ3) is 4.04. The van der Waals surface area contributed by atoms with E-state index >= 15 is 0 Å². The summed E-state index contributed by atoms with van der Waals surface area (Å²) in [6.45, 7) is 0. The van der Waals surface area contributed by atoms with Crippen LogP contribution in [-0.4, -0.2) is 29.1 Å². The van der Waals surface area contributed by atoms with Crippen molar-refractivity contribution < 1.29 is 14.4 Å². The van der Waals surface area contributed by atoms with Gasteiger partial charge in [0.2, 0.25) is 11.6 Å². The first-order chi connectivity index (χ1) is 13.5. The van der Waals surface area contributed by atoms with Crippen LogP contribution in [0.2, 0.25) is 5.02 Å². The summed E-state index contributed by atoms with van der Waals surface area (Å²) in [7, 11) is 3.01. The van der Waals surface area contributed by atoms with Gasteiger partial charge >= 0.3 is 5.69 Å². The summed E-state index contributed by atoms with van der Waals surface area (Å²) in [5, 5.41) is 17.9. The Bertz CT molecular complexity index is 1020. The summed E-state index contributed by atoms with van der Waals surface area (Å²) in [5.41, 5.74) is 0.593. The molecule has 0 radical (unpaired) electrons. The van der Waals surface area contributed by atoms with E-state index in [0.29, 0.717) is 27.9 Å². The Labute approximate surface area is 165 Å². The molecule has 0 aliphatic rings. The van der Waals surface area contributed by atoms with E-state index in [1.165, 1.54) is 20.5 Å². The fourth-order valence-corrected chi connectivity index (χ4v) is 2.65. The normalized spacial score (nSPS) is 10.2. The standard InChI is InChI=1S/C18H16ClN5O4/c1-27-11-7-8-15(28-2)14(9-11)23-18-16(24(25)26)17(20-10-21-18)22-13-6-4-3-5-12(13)19/h3-10H,1-2H3,(H2,20,21,22,23). The molecule has 0 bridgehead atoms. The minimum atomic E-state index is -0.575. The maximum atomic E-state index is 11.7. The van der Waals surface area contributed by atoms with E-state index in [4.69, 9.17) is 21.1 Å². The summed E-state index contributed by atoms with van der Waals surface area (Å²) in [6, 6.07) is 11.9. The number of aromatic nitrogens is 2. The van der Waals surface area contributed by atoms with Gasteiger partial charge in [-0.2, -0.15) is 0 Å². The van der Waals surface area contributed by atoms with Crippen LogP contribution in [0.5, 0.6) is 11.5 Å². The van der Waals surface area contributed by atoms with Crippen LogP contribution in [0.3, 0.4) is 0 Å². The third-order valence-corrected chi connectivity index (χ3v) is 4.12. The highest BCUT2D eigenvalue weighted by Crippen LogP contribution is 2.37. The summed E-state index contributed by atoms with van der Waals surface area (Å²) >= 11 is 6.13. The molecular formula is C18H16ClN5O4. The highest BCUT2D eigenvalue weighted by Gasteiger charge is 2.24. The first kappa shape index (κ1) is 19.2. The predicted octanol–water partition coefficient (Wildman–Crippen LogP) is 4.54. The molecule has 0 fully saturated rings. The zero-order valence-corrected chi connectivity index (χ0v) is 15.7. The monoisotopic (exact) mass is 401 g/mol. The first-order valence-electron chi connectivity index (χ1n) is 8.03. The second-order valence-electron chi connectivity index (χ2n) is 5.47. The second-order valence-corrected chi connectivity index (χ2v) is 5.88. The molecule has 2 aromatic carbocycles. The fraction of sp³-hybridized carbons (Fsp3) is 0.111. The molecule has 0 spiro atoms. The average Bonchev–Trinajstić information content (AvgIpc) is 2.69. The molecule has 0 aliphatic heterocycles. The molecule has 0 unspecified atom stereocenters. The minimum Gasteiger partial charge on any atom is -0.497 e. The third-order valence-electron chi connectivity index (χ3n) is 3.79. The van der Waals surface area contributed by atoms with E-state index in [1.807, 2.05) is 0 Å². The number of anilines is 4. The molecule has 0 saturated carbocycles. The molecule has 0 saturated heterocycles. The number of hydrogen-bond donors (Lipinski definition) is 2. The highest BCUT2D eigenvalue weighted by molar-refractivity contribution is 6.33. The lowest BCUT2D eigenvalue weighted by molar-refractivity contribution is -0.383. The van der Waals surface area contributed by atoms with Crippen LogP contribution in [-0.2, 0) is 0 Å². The van der Waals surface area contributed by atoms with Gasteiger partial charge < -0.3 is 20.1 Å². The fourth-order valence-electron chi connectivity index (χ4n) is 2.46. The topological polar surface area (TPSA) is 111 Å². The lowest BCUT2D eigenvalue weighted by atomic mass is 10.2. The predicted molar refractivity (Wildman–Crippen MR) is 106 cm³/mol. The molecular weight excluding hydrogens is 386 g/mol. The number of ether oxygens (including phenoxy) is 2. The van der Waals surface area contributed by atoms with Crippen molar-refractivity contribution in [2.24, 2.45) is 0 Å². The molecule has 2 N–H and O–H groups in total. The maximum Gasteiger partial charge on any atom is 0.353 e. The van der Waals surface area contributed by atoms with Gasteiger partial charge in [-0.3, -0.25) is 10.1 Å². The smallest absolute Gasteiger partial charge is 0.353 e. The van der Waals surface area contributed by atoms with Gasteiger partial charge in [-0.25, -0.2) is 9.97 Å². The van der Waals surface area contributed by atoms with Crippen molar-refractivity contribution >= 4 is 40.3 Å². The molecule has 28 heavy (non-hydrogen) atoms. The molecule has 0 aliphatic carbocycles. The minimum absolute atomic E-state index is 0.00235. The number of nitro groups is 1. The number of para-hydroxylation sites is 1. The molecule has 9 nitrogen and oxygen atoms in total. The van der Waals surface area contributed by atoms with E-state index in [0.717, 1.165) is 0 Å². The van der Waals surface area contributed by atoms with Crippen LogP contribution >= 0.6 is 11.6 Å². The molecule has 1 aromatic heterocycles. The van der Waals surface area contributed by atoms with Gasteiger partial charge in [-0.1, -0.05) is 23.7 Å². The van der Waals surface area contributed by atoms with Gasteiger partial charge in [-0.05, 0) is 24.3 Å². The highest BCUT2D eigenvalue weighted by atomic mass is 35.5. The number of rotatable bonds is 7. The van der Waals surface area contributed by atoms with Crippen LogP contribution in [0.15, 0.2) is 48.8 Å². The number of nitrogens with zero attached hydrogens (tertiary/aromatic N) is 3. The quantitative estimate of drug-likeness (QED) is 0.438. The van der Waals surface area contributed by atoms with E-state index in [2.05, 4.69) is 20.6 Å². The van der Waals surface area contributed by atoms with Gasteiger partial charge in [0.05, 0.1) is 35.5 Å². The SMILES string of the molecule is COc1ccc(OC)c(Nc2ncnc(Nc3ccccc3Cl)c2[N+](=O)[O-])c1. The Hall–Kier alpha value is -3.59. The van der Waals surface area contributed by atoms with Gasteiger partial charge in [0, 0.05) is 6.07 Å². The molecule has 0 atom stereocenters. The lowest BCUT2D eigenvalue weighted by Crippen LogP contribution is -2.06. The Morgan fingerprint density at radius 3 is 2.29 bits per heavy atom. The van der Waals surface area contributed by atoms with Crippen molar-refractivity contribution in [1.29, 1.82) is 0 Å². The van der Waals surface area contributed by atoms with Gasteiger partial charge in [0.15, 0.2) is 0 Å². The van der Waals surface area contributed by atoms with Crippen molar-refractivity contribution in [3.05, 3.63) is 63.9 Å². The zero-order valence-electron chi connectivity index (χ0n) is 15.0. The summed E-state index contributed by atoms with van der Waals surface area (Å²) in [6.07, 6.45) is 1.21. The Kier molecular flexibility index (Phi) is 5.75. The number of hydrogen-bond acceptors (Lipinski definition) is 8. The van der Waals surface area contributed by atoms with E-state index in [1.54, 1.807) is 42.5 Å². The summed E-state index contributed by atoms with van der Waals surface area (Å²) in [4.78, 5) is 19.2. The molecule has 3 rings (SSSR count). The zero-order chi connectivity index (χ0) is 20.1. The molecule has 10 heteroatoms. The first-order valence-corrected chi connectivity index (χ1v) is 8.41. The van der Waals surface area contributed by atoms with Crippen LogP contribution in [0.1, 0.15) is 0 Å².